The highest BCUT2D eigenvalue weighted by molar-refractivity contribution is 5.96. The Balaban J connectivity index is 2.02. The number of carbonyl (C=O) groups excluding carboxylic acids is 2. The van der Waals surface area contributed by atoms with Gasteiger partial charge in [0, 0.05) is 12.6 Å². The van der Waals surface area contributed by atoms with Crippen molar-refractivity contribution in [2.45, 2.75) is 19.4 Å². The number of nitro benzene ring substituents is 1. The van der Waals surface area contributed by atoms with Crippen LogP contribution < -0.4 is 14.8 Å². The van der Waals surface area contributed by atoms with Gasteiger partial charge in [0.2, 0.25) is 0 Å². The van der Waals surface area contributed by atoms with Crippen LogP contribution in [0.4, 0.5) is 10.1 Å². The summed E-state index contributed by atoms with van der Waals surface area (Å²) in [4.78, 5) is 35.2. The van der Waals surface area contributed by atoms with Crippen molar-refractivity contribution < 1.29 is 33.1 Å². The molecule has 2 aromatic carbocycles. The third kappa shape index (κ3) is 5.66. The van der Waals surface area contributed by atoms with Crippen LogP contribution in [0.2, 0.25) is 0 Å². The Bertz CT molecular complexity index is 931. The highest BCUT2D eigenvalue weighted by atomic mass is 19.1. The molecule has 1 atom stereocenters. The van der Waals surface area contributed by atoms with Gasteiger partial charge in [-0.2, -0.15) is 0 Å². The van der Waals surface area contributed by atoms with Crippen molar-refractivity contribution in [3.8, 4) is 11.5 Å². The standard InChI is InChI=1S/C20H21FN2O7/c1-12(19(24)22-9-8-13-4-6-14(21)7-5-13)30-20(25)15-10-17(28-2)18(29-3)11-16(15)23(26)27/h4-7,10-12H,8-9H2,1-3H3,(H,22,24)/t12-/m0/s1. The van der Waals surface area contributed by atoms with E-state index in [-0.39, 0.29) is 29.4 Å². The van der Waals surface area contributed by atoms with Crippen LogP contribution in [0, 0.1) is 15.9 Å². The van der Waals surface area contributed by atoms with Crippen molar-refractivity contribution in [2.75, 3.05) is 20.8 Å². The summed E-state index contributed by atoms with van der Waals surface area (Å²) < 4.78 is 28.0. The molecule has 10 heteroatoms. The lowest BCUT2D eigenvalue weighted by Crippen LogP contribution is -2.37. The molecule has 0 bridgehead atoms. The topological polar surface area (TPSA) is 117 Å². The number of carbonyl (C=O) groups is 2. The average Bonchev–Trinajstić information content (AvgIpc) is 2.73. The summed E-state index contributed by atoms with van der Waals surface area (Å²) in [6.45, 7) is 1.58. The molecule has 0 radical (unpaired) electrons. The fraction of sp³-hybridized carbons (Fsp3) is 0.300. The van der Waals surface area contributed by atoms with E-state index in [9.17, 15) is 24.1 Å². The summed E-state index contributed by atoms with van der Waals surface area (Å²) in [6, 6.07) is 8.00. The van der Waals surface area contributed by atoms with Gasteiger partial charge in [-0.05, 0) is 31.0 Å². The second-order valence-electron chi connectivity index (χ2n) is 6.20. The molecule has 2 rings (SSSR count). The molecule has 30 heavy (non-hydrogen) atoms. The number of rotatable bonds is 9. The van der Waals surface area contributed by atoms with Crippen molar-refractivity contribution in [2.24, 2.45) is 0 Å². The van der Waals surface area contributed by atoms with E-state index in [1.165, 1.54) is 33.3 Å². The van der Waals surface area contributed by atoms with E-state index in [2.05, 4.69) is 5.32 Å². The fourth-order valence-electron chi connectivity index (χ4n) is 2.59. The number of methoxy groups -OCH3 is 2. The van der Waals surface area contributed by atoms with Crippen LogP contribution >= 0.6 is 0 Å². The number of hydrogen-bond donors (Lipinski definition) is 1. The number of nitrogens with zero attached hydrogens (tertiary/aromatic N) is 1. The minimum absolute atomic E-state index is 0.0762. The summed E-state index contributed by atoms with van der Waals surface area (Å²) in [5.41, 5.74) is -0.0903. The molecule has 160 valence electrons. The molecule has 0 aliphatic heterocycles. The van der Waals surface area contributed by atoms with Crippen LogP contribution in [0.3, 0.4) is 0 Å². The summed E-state index contributed by atoms with van der Waals surface area (Å²) in [7, 11) is 2.62. The molecule has 1 amide bonds. The Labute approximate surface area is 171 Å². The maximum atomic E-state index is 12.9. The van der Waals surface area contributed by atoms with Crippen molar-refractivity contribution in [1.29, 1.82) is 0 Å². The van der Waals surface area contributed by atoms with Crippen LogP contribution in [0.5, 0.6) is 11.5 Å². The lowest BCUT2D eigenvalue weighted by Gasteiger charge is -2.15. The molecule has 0 spiro atoms. The Morgan fingerprint density at radius 1 is 1.13 bits per heavy atom. The predicted octanol–water partition coefficient (Wildman–Crippen LogP) is 2.66. The van der Waals surface area contributed by atoms with Gasteiger partial charge in [-0.15, -0.1) is 0 Å². The number of ether oxygens (including phenoxy) is 3. The first-order valence-corrected chi connectivity index (χ1v) is 8.90. The van der Waals surface area contributed by atoms with Crippen LogP contribution in [0.1, 0.15) is 22.8 Å². The number of nitrogens with one attached hydrogen (secondary N) is 1. The van der Waals surface area contributed by atoms with E-state index in [4.69, 9.17) is 14.2 Å². The number of esters is 1. The lowest BCUT2D eigenvalue weighted by atomic mass is 10.1. The molecule has 9 nitrogen and oxygen atoms in total. The molecule has 0 saturated carbocycles. The molecule has 0 fully saturated rings. The Kier molecular flexibility index (Phi) is 7.68. The smallest absolute Gasteiger partial charge is 0.346 e. The minimum Gasteiger partial charge on any atom is -0.493 e. The number of benzene rings is 2. The molecule has 0 heterocycles. The van der Waals surface area contributed by atoms with Crippen LogP contribution in [-0.4, -0.2) is 43.7 Å². The van der Waals surface area contributed by atoms with E-state index >= 15 is 0 Å². The normalized spacial score (nSPS) is 11.3. The van der Waals surface area contributed by atoms with Gasteiger partial charge in [-0.25, -0.2) is 9.18 Å². The summed E-state index contributed by atoms with van der Waals surface area (Å²) >= 11 is 0. The molecule has 0 aromatic heterocycles. The first-order valence-electron chi connectivity index (χ1n) is 8.90. The van der Waals surface area contributed by atoms with Gasteiger partial charge in [0.05, 0.1) is 25.2 Å². The van der Waals surface area contributed by atoms with Gasteiger partial charge < -0.3 is 19.5 Å². The third-order valence-corrected chi connectivity index (χ3v) is 4.20. The summed E-state index contributed by atoms with van der Waals surface area (Å²) in [5, 5.41) is 13.9. The predicted molar refractivity (Wildman–Crippen MR) is 104 cm³/mol. The number of halogens is 1. The van der Waals surface area contributed by atoms with Crippen molar-refractivity contribution in [1.82, 2.24) is 5.32 Å². The molecular formula is C20H21FN2O7. The van der Waals surface area contributed by atoms with E-state index in [1.54, 1.807) is 12.1 Å². The lowest BCUT2D eigenvalue weighted by molar-refractivity contribution is -0.385. The van der Waals surface area contributed by atoms with E-state index in [1.807, 2.05) is 0 Å². The SMILES string of the molecule is COc1cc(C(=O)O[C@@H](C)C(=O)NCCc2ccc(F)cc2)c([N+](=O)[O-])cc1OC. The molecule has 1 N–H and O–H groups in total. The zero-order chi connectivity index (χ0) is 22.3. The fourth-order valence-corrected chi connectivity index (χ4v) is 2.59. The van der Waals surface area contributed by atoms with Gasteiger partial charge in [0.15, 0.2) is 17.6 Å². The average molecular weight is 420 g/mol. The largest absolute Gasteiger partial charge is 0.493 e. The Hall–Kier alpha value is -3.69. The minimum atomic E-state index is -1.20. The highest BCUT2D eigenvalue weighted by Crippen LogP contribution is 2.34. The van der Waals surface area contributed by atoms with Gasteiger partial charge in [-0.3, -0.25) is 14.9 Å². The van der Waals surface area contributed by atoms with E-state index in [0.29, 0.717) is 6.42 Å². The molecule has 0 aliphatic rings. The molecule has 0 unspecified atom stereocenters. The zero-order valence-electron chi connectivity index (χ0n) is 16.6. The highest BCUT2D eigenvalue weighted by Gasteiger charge is 2.28. The second kappa shape index (κ2) is 10.2. The quantitative estimate of drug-likeness (QED) is 0.376. The Morgan fingerprint density at radius 2 is 1.73 bits per heavy atom. The third-order valence-electron chi connectivity index (χ3n) is 4.20. The molecular weight excluding hydrogens is 399 g/mol. The first-order chi connectivity index (χ1) is 14.3. The number of nitro groups is 1. The van der Waals surface area contributed by atoms with Crippen molar-refractivity contribution in [3.05, 3.63) is 63.5 Å². The Morgan fingerprint density at radius 3 is 2.30 bits per heavy atom. The van der Waals surface area contributed by atoms with E-state index in [0.717, 1.165) is 17.7 Å². The van der Waals surface area contributed by atoms with Crippen molar-refractivity contribution in [3.63, 3.8) is 0 Å². The van der Waals surface area contributed by atoms with Crippen LogP contribution in [-0.2, 0) is 16.0 Å². The number of amides is 1. The van der Waals surface area contributed by atoms with Gasteiger partial charge in [-0.1, -0.05) is 12.1 Å². The summed E-state index contributed by atoms with van der Waals surface area (Å²) in [5.74, 6) is -1.80. The number of hydrogen-bond acceptors (Lipinski definition) is 7. The van der Waals surface area contributed by atoms with Crippen LogP contribution in [0.15, 0.2) is 36.4 Å². The second-order valence-corrected chi connectivity index (χ2v) is 6.20. The molecule has 0 saturated heterocycles. The molecule has 0 aliphatic carbocycles. The summed E-state index contributed by atoms with van der Waals surface area (Å²) in [6.07, 6.45) is -0.744. The van der Waals surface area contributed by atoms with Crippen molar-refractivity contribution >= 4 is 17.6 Å². The maximum absolute atomic E-state index is 12.9. The molecule has 2 aromatic rings. The monoisotopic (exact) mass is 420 g/mol. The zero-order valence-corrected chi connectivity index (χ0v) is 16.6. The first kappa shape index (κ1) is 22.6. The van der Waals surface area contributed by atoms with Crippen LogP contribution in [0.25, 0.3) is 0 Å². The van der Waals surface area contributed by atoms with Gasteiger partial charge in [0.25, 0.3) is 11.6 Å². The van der Waals surface area contributed by atoms with Gasteiger partial charge in [0.1, 0.15) is 11.4 Å². The van der Waals surface area contributed by atoms with Gasteiger partial charge >= 0.3 is 5.97 Å². The maximum Gasteiger partial charge on any atom is 0.346 e. The van der Waals surface area contributed by atoms with E-state index < -0.39 is 28.6 Å².